The number of rotatable bonds is 5. The van der Waals surface area contributed by atoms with Gasteiger partial charge in [-0.05, 0) is 31.0 Å². The monoisotopic (exact) mass is 250 g/mol. The molecule has 0 radical (unpaired) electrons. The highest BCUT2D eigenvalue weighted by molar-refractivity contribution is 5.87. The van der Waals surface area contributed by atoms with E-state index in [2.05, 4.69) is 5.32 Å². The van der Waals surface area contributed by atoms with Crippen LogP contribution in [0.3, 0.4) is 0 Å². The molecule has 2 amide bonds. The molecule has 0 aliphatic heterocycles. The maximum atomic E-state index is 11.4. The number of carboxylic acid groups (broad SMARTS) is 1. The summed E-state index contributed by atoms with van der Waals surface area (Å²) in [6.07, 6.45) is 0.684. The topological polar surface area (TPSA) is 69.6 Å². The van der Waals surface area contributed by atoms with Crippen molar-refractivity contribution in [2.75, 3.05) is 20.1 Å². The molecule has 0 unspecified atom stereocenters. The van der Waals surface area contributed by atoms with Crippen molar-refractivity contribution in [3.63, 3.8) is 0 Å². The number of nitrogens with zero attached hydrogens (tertiary/aromatic N) is 1. The number of hydrogen-bond acceptors (Lipinski definition) is 2. The molecule has 1 rings (SSSR count). The zero-order valence-electron chi connectivity index (χ0n) is 10.6. The second-order valence-electron chi connectivity index (χ2n) is 4.00. The molecule has 0 aliphatic carbocycles. The first kappa shape index (κ1) is 14.0. The lowest BCUT2D eigenvalue weighted by Gasteiger charge is -2.15. The lowest BCUT2D eigenvalue weighted by Crippen LogP contribution is -2.37. The van der Waals surface area contributed by atoms with Crippen molar-refractivity contribution >= 4 is 12.0 Å². The predicted molar refractivity (Wildman–Crippen MR) is 68.8 cm³/mol. The van der Waals surface area contributed by atoms with E-state index in [1.807, 2.05) is 6.92 Å². The van der Waals surface area contributed by atoms with E-state index < -0.39 is 5.97 Å². The molecule has 1 aromatic rings. The van der Waals surface area contributed by atoms with Crippen LogP contribution in [-0.4, -0.2) is 42.1 Å². The Morgan fingerprint density at radius 1 is 1.28 bits per heavy atom. The van der Waals surface area contributed by atoms with Crippen LogP contribution in [0.5, 0.6) is 0 Å². The molecule has 0 aromatic heterocycles. The Balaban J connectivity index is 2.40. The van der Waals surface area contributed by atoms with Gasteiger partial charge in [-0.15, -0.1) is 0 Å². The molecule has 98 valence electrons. The van der Waals surface area contributed by atoms with Crippen molar-refractivity contribution in [3.8, 4) is 0 Å². The molecular weight excluding hydrogens is 232 g/mol. The Labute approximate surface area is 106 Å². The van der Waals surface area contributed by atoms with Gasteiger partial charge < -0.3 is 15.3 Å². The van der Waals surface area contributed by atoms with Crippen LogP contribution in [-0.2, 0) is 6.42 Å². The van der Waals surface area contributed by atoms with Gasteiger partial charge in [0.25, 0.3) is 0 Å². The maximum absolute atomic E-state index is 11.4. The van der Waals surface area contributed by atoms with Crippen molar-refractivity contribution in [1.82, 2.24) is 10.2 Å². The second kappa shape index (κ2) is 6.64. The van der Waals surface area contributed by atoms with E-state index in [-0.39, 0.29) is 11.6 Å². The van der Waals surface area contributed by atoms with E-state index in [4.69, 9.17) is 5.11 Å². The Kier molecular flexibility index (Phi) is 5.17. The highest BCUT2D eigenvalue weighted by Gasteiger charge is 2.05. The van der Waals surface area contributed by atoms with Gasteiger partial charge in [0.05, 0.1) is 5.56 Å². The Morgan fingerprint density at radius 3 is 2.39 bits per heavy atom. The van der Waals surface area contributed by atoms with Gasteiger partial charge in [0.1, 0.15) is 0 Å². The molecule has 0 bridgehead atoms. The number of hydrogen-bond donors (Lipinski definition) is 2. The number of carboxylic acids is 1. The first-order chi connectivity index (χ1) is 8.54. The molecule has 0 saturated carbocycles. The third-order valence-electron chi connectivity index (χ3n) is 2.71. The summed E-state index contributed by atoms with van der Waals surface area (Å²) in [6.45, 7) is 3.11. The van der Waals surface area contributed by atoms with E-state index in [1.165, 1.54) is 0 Å². The summed E-state index contributed by atoms with van der Waals surface area (Å²) in [5, 5.41) is 11.5. The quantitative estimate of drug-likeness (QED) is 0.833. The zero-order valence-corrected chi connectivity index (χ0v) is 10.6. The smallest absolute Gasteiger partial charge is 0.335 e. The molecule has 0 saturated heterocycles. The summed E-state index contributed by atoms with van der Waals surface area (Å²) in [7, 11) is 1.73. The van der Waals surface area contributed by atoms with Gasteiger partial charge in [-0.25, -0.2) is 9.59 Å². The maximum Gasteiger partial charge on any atom is 0.335 e. The first-order valence-corrected chi connectivity index (χ1v) is 5.85. The summed E-state index contributed by atoms with van der Waals surface area (Å²) in [5.41, 5.74) is 1.27. The van der Waals surface area contributed by atoms with E-state index in [9.17, 15) is 9.59 Å². The fraction of sp³-hybridized carbons (Fsp3) is 0.385. The van der Waals surface area contributed by atoms with E-state index >= 15 is 0 Å². The summed E-state index contributed by atoms with van der Waals surface area (Å²) < 4.78 is 0. The van der Waals surface area contributed by atoms with Crippen LogP contribution >= 0.6 is 0 Å². The first-order valence-electron chi connectivity index (χ1n) is 5.85. The largest absolute Gasteiger partial charge is 0.478 e. The number of nitrogens with one attached hydrogen (secondary N) is 1. The molecule has 5 heteroatoms. The SMILES string of the molecule is CCN(C)C(=O)NCCc1ccc(C(=O)O)cc1. The van der Waals surface area contributed by atoms with Crippen LogP contribution in [0.15, 0.2) is 24.3 Å². The zero-order chi connectivity index (χ0) is 13.5. The normalized spacial score (nSPS) is 9.89. The number of urea groups is 1. The van der Waals surface area contributed by atoms with Crippen molar-refractivity contribution in [2.24, 2.45) is 0 Å². The molecule has 1 aromatic carbocycles. The molecule has 0 atom stereocenters. The average Bonchev–Trinajstić information content (AvgIpc) is 2.38. The van der Waals surface area contributed by atoms with Gasteiger partial charge >= 0.3 is 12.0 Å². The summed E-state index contributed by atoms with van der Waals surface area (Å²) >= 11 is 0. The van der Waals surface area contributed by atoms with Crippen molar-refractivity contribution < 1.29 is 14.7 Å². The number of amides is 2. The van der Waals surface area contributed by atoms with Gasteiger partial charge in [0.15, 0.2) is 0 Å². The highest BCUT2D eigenvalue weighted by atomic mass is 16.4. The third kappa shape index (κ3) is 4.08. The van der Waals surface area contributed by atoms with Crippen LogP contribution in [0, 0.1) is 0 Å². The molecule has 0 fully saturated rings. The van der Waals surface area contributed by atoms with Crippen molar-refractivity contribution in [2.45, 2.75) is 13.3 Å². The number of benzene rings is 1. The van der Waals surface area contributed by atoms with Crippen molar-refractivity contribution in [1.29, 1.82) is 0 Å². The molecule has 0 spiro atoms. The summed E-state index contributed by atoms with van der Waals surface area (Å²) in [6, 6.07) is 6.56. The molecule has 18 heavy (non-hydrogen) atoms. The average molecular weight is 250 g/mol. The molecule has 2 N–H and O–H groups in total. The lowest BCUT2D eigenvalue weighted by atomic mass is 10.1. The predicted octanol–water partition coefficient (Wildman–Crippen LogP) is 1.59. The van der Waals surface area contributed by atoms with Crippen LogP contribution in [0.25, 0.3) is 0 Å². The Bertz CT molecular complexity index is 415. The minimum absolute atomic E-state index is 0.0975. The highest BCUT2D eigenvalue weighted by Crippen LogP contribution is 2.04. The van der Waals surface area contributed by atoms with Crippen LogP contribution in [0.2, 0.25) is 0 Å². The lowest BCUT2D eigenvalue weighted by molar-refractivity contribution is 0.0697. The molecule has 5 nitrogen and oxygen atoms in total. The minimum Gasteiger partial charge on any atom is -0.478 e. The van der Waals surface area contributed by atoms with Gasteiger partial charge in [-0.1, -0.05) is 12.1 Å². The summed E-state index contributed by atoms with van der Waals surface area (Å²) in [5.74, 6) is -0.931. The number of carbonyl (C=O) groups is 2. The van der Waals surface area contributed by atoms with E-state index in [0.717, 1.165) is 5.56 Å². The summed E-state index contributed by atoms with van der Waals surface area (Å²) in [4.78, 5) is 23.7. The van der Waals surface area contributed by atoms with Crippen molar-refractivity contribution in [3.05, 3.63) is 35.4 Å². The molecule has 0 heterocycles. The fourth-order valence-electron chi connectivity index (χ4n) is 1.41. The van der Waals surface area contributed by atoms with Crippen LogP contribution in [0.1, 0.15) is 22.8 Å². The van der Waals surface area contributed by atoms with Crippen LogP contribution < -0.4 is 5.32 Å². The van der Waals surface area contributed by atoms with Gasteiger partial charge in [0.2, 0.25) is 0 Å². The van der Waals surface area contributed by atoms with Gasteiger partial charge in [-0.2, -0.15) is 0 Å². The van der Waals surface area contributed by atoms with E-state index in [1.54, 1.807) is 36.2 Å². The van der Waals surface area contributed by atoms with Gasteiger partial charge in [0, 0.05) is 20.1 Å². The standard InChI is InChI=1S/C13H18N2O3/c1-3-15(2)13(18)14-9-8-10-4-6-11(7-5-10)12(16)17/h4-7H,3,8-9H2,1-2H3,(H,14,18)(H,16,17). The van der Waals surface area contributed by atoms with Gasteiger partial charge in [-0.3, -0.25) is 0 Å². The number of aromatic carboxylic acids is 1. The molecular formula is C13H18N2O3. The second-order valence-corrected chi connectivity index (χ2v) is 4.00. The third-order valence-corrected chi connectivity index (χ3v) is 2.71. The molecule has 0 aliphatic rings. The van der Waals surface area contributed by atoms with E-state index in [0.29, 0.717) is 19.5 Å². The van der Waals surface area contributed by atoms with Crippen LogP contribution in [0.4, 0.5) is 4.79 Å². The Morgan fingerprint density at radius 2 is 1.89 bits per heavy atom. The fourth-order valence-corrected chi connectivity index (χ4v) is 1.41. The number of carbonyl (C=O) groups excluding carboxylic acids is 1. The Hall–Kier alpha value is -2.04. The minimum atomic E-state index is -0.931.